The Bertz CT molecular complexity index is 2690. The maximum atomic E-state index is 14.1. The van der Waals surface area contributed by atoms with Crippen LogP contribution < -0.4 is 16.0 Å². The van der Waals surface area contributed by atoms with E-state index < -0.39 is 47.7 Å². The van der Waals surface area contributed by atoms with Crippen molar-refractivity contribution >= 4 is 46.8 Å². The fourth-order valence-electron chi connectivity index (χ4n) is 8.67. The number of hydrogen-bond acceptors (Lipinski definition) is 13. The van der Waals surface area contributed by atoms with Crippen LogP contribution in [0.25, 0.3) is 17.1 Å². The minimum atomic E-state index is -2.99. The van der Waals surface area contributed by atoms with Crippen molar-refractivity contribution in [3.8, 4) is 17.1 Å². The van der Waals surface area contributed by atoms with Crippen molar-refractivity contribution in [1.82, 2.24) is 34.9 Å². The van der Waals surface area contributed by atoms with Crippen molar-refractivity contribution in [3.63, 3.8) is 0 Å². The fraction of sp³-hybridized carbons (Fsp3) is 0.396. The molecule has 3 fully saturated rings. The van der Waals surface area contributed by atoms with Crippen LogP contribution in [0.4, 0.5) is 20.3 Å². The number of alkyl halides is 2. The van der Waals surface area contributed by atoms with E-state index in [1.165, 1.54) is 23.7 Å². The fourth-order valence-corrected chi connectivity index (χ4v) is 8.67. The molecule has 0 radical (unpaired) electrons. The number of nitrogens with one attached hydrogen (secondary N) is 3. The van der Waals surface area contributed by atoms with Gasteiger partial charge in [-0.2, -0.15) is 5.10 Å². The molecule has 1 saturated carbocycles. The molecule has 2 saturated heterocycles. The summed E-state index contributed by atoms with van der Waals surface area (Å²) in [4.78, 5) is 88.3. The summed E-state index contributed by atoms with van der Waals surface area (Å²) in [5.74, 6) is -1.01. The highest BCUT2D eigenvalue weighted by Gasteiger charge is 2.44. The Morgan fingerprint density at radius 2 is 1.70 bits per heavy atom. The molecule has 1 unspecified atom stereocenters. The summed E-state index contributed by atoms with van der Waals surface area (Å²) < 4.78 is 40.8. The van der Waals surface area contributed by atoms with Gasteiger partial charge in [0.2, 0.25) is 17.7 Å². The number of oxazole rings is 1. The predicted molar refractivity (Wildman–Crippen MR) is 238 cm³/mol. The van der Waals surface area contributed by atoms with Crippen LogP contribution in [0, 0.1) is 11.8 Å². The number of likely N-dealkylation sites (tertiary alicyclic amines) is 1. The van der Waals surface area contributed by atoms with Crippen LogP contribution >= 0.6 is 0 Å². The quantitative estimate of drug-likeness (QED) is 0.0475. The van der Waals surface area contributed by atoms with E-state index in [-0.39, 0.29) is 47.9 Å². The van der Waals surface area contributed by atoms with Crippen molar-refractivity contribution in [3.05, 3.63) is 107 Å². The van der Waals surface area contributed by atoms with Crippen LogP contribution in [-0.2, 0) is 20.7 Å². The van der Waals surface area contributed by atoms with Crippen LogP contribution in [-0.4, -0.2) is 110 Å². The van der Waals surface area contributed by atoms with Gasteiger partial charge in [0.15, 0.2) is 17.2 Å². The number of nitrogens with zero attached hydrogens (tertiary/aromatic N) is 6. The average molecular weight is 918 g/mol. The second-order valence-corrected chi connectivity index (χ2v) is 17.4. The van der Waals surface area contributed by atoms with Gasteiger partial charge in [0, 0.05) is 49.9 Å². The molecule has 19 heteroatoms. The third-order valence-corrected chi connectivity index (χ3v) is 12.6. The zero-order valence-corrected chi connectivity index (χ0v) is 36.5. The monoisotopic (exact) mass is 917 g/mol. The first kappa shape index (κ1) is 45.2. The summed E-state index contributed by atoms with van der Waals surface area (Å²) in [6, 6.07) is 14.2. The van der Waals surface area contributed by atoms with Gasteiger partial charge in [-0.05, 0) is 124 Å². The maximum absolute atomic E-state index is 14.1. The number of anilines is 2. The highest BCUT2D eigenvalue weighted by Crippen LogP contribution is 2.32. The van der Waals surface area contributed by atoms with Gasteiger partial charge < -0.3 is 24.7 Å². The number of carbonyl (C=O) groups is 6. The Kier molecular flexibility index (Phi) is 13.4. The summed E-state index contributed by atoms with van der Waals surface area (Å²) in [5.41, 5.74) is 2.08. The van der Waals surface area contributed by atoms with Crippen molar-refractivity contribution in [2.24, 2.45) is 11.8 Å². The van der Waals surface area contributed by atoms with Crippen LogP contribution in [0.1, 0.15) is 111 Å². The number of hydrogen-bond donors (Lipinski definition) is 3. The predicted octanol–water partition coefficient (Wildman–Crippen LogP) is 6.27. The van der Waals surface area contributed by atoms with E-state index in [0.29, 0.717) is 59.7 Å². The zero-order chi connectivity index (χ0) is 46.6. The molecule has 348 valence electrons. The number of imide groups is 2. The molecule has 5 aromatic rings. The van der Waals surface area contributed by atoms with Gasteiger partial charge in [0.1, 0.15) is 18.1 Å². The standard InChI is InChI=1S/C48H49F2N9O8/c49-43(50)42-36(53-44(62)37-27-67-46(54-37)32-13-16-51-40(24-32)52-25-29-3-4-29)26-58(56-42)33-8-6-31(7-9-33)39(60)2-1-20-66-21-19-57-17-14-28(15-18-57)22-30-5-10-34-35(23-30)48(65)59(47(34)64)38-11-12-41(61)55-45(38)63/h5-10,13,16,23-24,26-29,38,43H,1-4,11-12,14-15,17-22,25H2,(H,51,52)(H,53,62)(H,55,61,63). The number of piperidine rings is 2. The third kappa shape index (κ3) is 10.5. The topological polar surface area (TPSA) is 211 Å². The number of Topliss-reactive ketones (excluding diaryl/α,β-unsaturated/α-hetero) is 1. The van der Waals surface area contributed by atoms with Crippen LogP contribution in [0.3, 0.4) is 0 Å². The molecular formula is C48H49F2N9O8. The number of amides is 5. The molecule has 2 aromatic carbocycles. The molecule has 9 rings (SSSR count). The second kappa shape index (κ2) is 19.9. The van der Waals surface area contributed by atoms with Gasteiger partial charge in [-0.25, -0.2) is 23.4 Å². The molecule has 4 aliphatic rings. The summed E-state index contributed by atoms with van der Waals surface area (Å²) >= 11 is 0. The van der Waals surface area contributed by atoms with Gasteiger partial charge in [-0.3, -0.25) is 39.0 Å². The Labute approximate surface area is 383 Å². The number of ketones is 1. The lowest BCUT2D eigenvalue weighted by atomic mass is 9.89. The first-order valence-electron chi connectivity index (χ1n) is 22.6. The molecule has 67 heavy (non-hydrogen) atoms. The van der Waals surface area contributed by atoms with E-state index >= 15 is 0 Å². The van der Waals surface area contributed by atoms with Crippen LogP contribution in [0.2, 0.25) is 0 Å². The van der Waals surface area contributed by atoms with Gasteiger partial charge >= 0.3 is 0 Å². The van der Waals surface area contributed by atoms with E-state index in [0.717, 1.165) is 62.2 Å². The van der Waals surface area contributed by atoms with Gasteiger partial charge in [0.25, 0.3) is 24.1 Å². The molecule has 6 heterocycles. The van der Waals surface area contributed by atoms with Crippen molar-refractivity contribution < 1.29 is 46.7 Å². The van der Waals surface area contributed by atoms with Gasteiger partial charge in [-0.1, -0.05) is 6.07 Å². The molecule has 3 N–H and O–H groups in total. The summed E-state index contributed by atoms with van der Waals surface area (Å²) in [6.07, 6.45) is 7.10. The highest BCUT2D eigenvalue weighted by molar-refractivity contribution is 6.23. The summed E-state index contributed by atoms with van der Waals surface area (Å²) in [6.45, 7) is 4.30. The molecule has 0 bridgehead atoms. The third-order valence-electron chi connectivity index (χ3n) is 12.6. The van der Waals surface area contributed by atoms with Crippen molar-refractivity contribution in [2.45, 2.75) is 70.3 Å². The van der Waals surface area contributed by atoms with E-state index in [1.54, 1.807) is 54.7 Å². The molecule has 5 amide bonds. The van der Waals surface area contributed by atoms with Crippen LogP contribution in [0.5, 0.6) is 0 Å². The molecule has 17 nitrogen and oxygen atoms in total. The number of carbonyl (C=O) groups excluding carboxylic acids is 6. The van der Waals surface area contributed by atoms with E-state index in [2.05, 4.69) is 35.9 Å². The van der Waals surface area contributed by atoms with Gasteiger partial charge in [-0.15, -0.1) is 0 Å². The molecule has 0 spiro atoms. The smallest absolute Gasteiger partial charge is 0.284 e. The Balaban J connectivity index is 0.685. The Hall–Kier alpha value is -6.99. The number of pyridine rings is 1. The minimum absolute atomic E-state index is 0.0726. The SMILES string of the molecule is O=C1CCC(N2C(=O)c3ccc(CC4CCN(CCOCCCC(=O)c5ccc(-n6cc(NC(=O)c7coc(-c8ccnc(NCC9CC9)c8)n7)c(C(F)F)n6)cc5)CC4)cc3C2=O)C(=O)N1. The average Bonchev–Trinajstić information content (AvgIpc) is 3.74. The molecule has 3 aliphatic heterocycles. The number of ether oxygens (including phenoxy) is 1. The first-order valence-corrected chi connectivity index (χ1v) is 22.6. The zero-order valence-electron chi connectivity index (χ0n) is 36.5. The lowest BCUT2D eigenvalue weighted by Gasteiger charge is -2.32. The number of rotatable bonds is 19. The lowest BCUT2D eigenvalue weighted by molar-refractivity contribution is -0.136. The molecule has 1 aliphatic carbocycles. The number of halogens is 2. The van der Waals surface area contributed by atoms with E-state index in [4.69, 9.17) is 9.15 Å². The minimum Gasteiger partial charge on any atom is -0.444 e. The second-order valence-electron chi connectivity index (χ2n) is 17.4. The van der Waals surface area contributed by atoms with E-state index in [1.807, 2.05) is 6.07 Å². The van der Waals surface area contributed by atoms with Crippen molar-refractivity contribution in [1.29, 1.82) is 0 Å². The number of aromatic nitrogens is 4. The summed E-state index contributed by atoms with van der Waals surface area (Å²) in [5, 5.41) is 12.0. The molecule has 1 atom stereocenters. The van der Waals surface area contributed by atoms with Crippen LogP contribution in [0.15, 0.2) is 77.7 Å². The summed E-state index contributed by atoms with van der Waals surface area (Å²) in [7, 11) is 0. The number of benzene rings is 2. The first-order chi connectivity index (χ1) is 32.5. The van der Waals surface area contributed by atoms with Crippen molar-refractivity contribution in [2.75, 3.05) is 50.0 Å². The molecular weight excluding hydrogens is 869 g/mol. The normalized spacial score (nSPS) is 17.8. The lowest BCUT2D eigenvalue weighted by Crippen LogP contribution is -2.54. The Morgan fingerprint density at radius 1 is 0.910 bits per heavy atom. The molecule has 3 aromatic heterocycles. The van der Waals surface area contributed by atoms with Gasteiger partial charge in [0.05, 0.1) is 35.3 Å². The number of fused-ring (bicyclic) bond motifs is 1. The highest BCUT2D eigenvalue weighted by atomic mass is 19.3. The van der Waals surface area contributed by atoms with E-state index in [9.17, 15) is 37.5 Å². The maximum Gasteiger partial charge on any atom is 0.284 e. The Morgan fingerprint density at radius 3 is 2.46 bits per heavy atom. The largest absolute Gasteiger partial charge is 0.444 e.